The number of methoxy groups -OCH3 is 1. The van der Waals surface area contributed by atoms with Crippen LogP contribution in [-0.2, 0) is 6.54 Å². The highest BCUT2D eigenvalue weighted by molar-refractivity contribution is 5.67. The van der Waals surface area contributed by atoms with Gasteiger partial charge in [0.1, 0.15) is 6.33 Å². The van der Waals surface area contributed by atoms with Gasteiger partial charge >= 0.3 is 0 Å². The average Bonchev–Trinajstić information content (AvgIpc) is 3.06. The van der Waals surface area contributed by atoms with Crippen LogP contribution in [0.3, 0.4) is 0 Å². The summed E-state index contributed by atoms with van der Waals surface area (Å²) in [7, 11) is 1.65. The standard InChI is InChI=1S/C17H21N5O2/c1-4-8-24-16-13(6-5-7-15(16)23-3)10-18-14-9-12(2)21-22-11-19-20-17(14)22/h5-7,9,11,18H,4,8,10H2,1-3H3. The summed E-state index contributed by atoms with van der Waals surface area (Å²) in [6.45, 7) is 5.25. The molecule has 3 rings (SSSR count). The van der Waals surface area contributed by atoms with Crippen LogP contribution in [-0.4, -0.2) is 33.5 Å². The van der Waals surface area contributed by atoms with Crippen LogP contribution in [0.5, 0.6) is 11.5 Å². The number of nitrogens with one attached hydrogen (secondary N) is 1. The van der Waals surface area contributed by atoms with Crippen molar-refractivity contribution in [3.05, 3.63) is 41.9 Å². The minimum absolute atomic E-state index is 0.586. The number of rotatable bonds is 7. The number of hydrogen-bond acceptors (Lipinski definition) is 6. The number of para-hydroxylation sites is 1. The van der Waals surface area contributed by atoms with E-state index in [2.05, 4.69) is 27.5 Å². The molecule has 24 heavy (non-hydrogen) atoms. The lowest BCUT2D eigenvalue weighted by molar-refractivity contribution is 0.291. The van der Waals surface area contributed by atoms with E-state index < -0.39 is 0 Å². The molecule has 0 fully saturated rings. The maximum absolute atomic E-state index is 5.88. The molecule has 0 saturated heterocycles. The van der Waals surface area contributed by atoms with Gasteiger partial charge in [0.2, 0.25) is 5.65 Å². The van der Waals surface area contributed by atoms with Crippen LogP contribution in [0.2, 0.25) is 0 Å². The Balaban J connectivity index is 1.87. The van der Waals surface area contributed by atoms with E-state index in [-0.39, 0.29) is 0 Å². The molecular weight excluding hydrogens is 306 g/mol. The average molecular weight is 327 g/mol. The Morgan fingerprint density at radius 2 is 2.17 bits per heavy atom. The third kappa shape index (κ3) is 3.24. The van der Waals surface area contributed by atoms with Gasteiger partial charge < -0.3 is 14.8 Å². The SMILES string of the molecule is CCCOc1c(CNc2cc(C)nn3cnnc23)cccc1OC. The lowest BCUT2D eigenvalue weighted by Gasteiger charge is -2.15. The van der Waals surface area contributed by atoms with E-state index in [9.17, 15) is 0 Å². The first-order valence-electron chi connectivity index (χ1n) is 7.93. The van der Waals surface area contributed by atoms with E-state index >= 15 is 0 Å². The maximum Gasteiger partial charge on any atom is 0.200 e. The van der Waals surface area contributed by atoms with Crippen molar-refractivity contribution in [2.75, 3.05) is 19.0 Å². The Labute approximate surface area is 140 Å². The number of anilines is 1. The smallest absolute Gasteiger partial charge is 0.200 e. The first-order chi connectivity index (χ1) is 11.7. The van der Waals surface area contributed by atoms with Crippen molar-refractivity contribution in [1.29, 1.82) is 0 Å². The number of nitrogens with zero attached hydrogens (tertiary/aromatic N) is 4. The normalized spacial score (nSPS) is 10.8. The van der Waals surface area contributed by atoms with Crippen LogP contribution < -0.4 is 14.8 Å². The molecule has 3 aromatic rings. The molecule has 1 aromatic carbocycles. The van der Waals surface area contributed by atoms with Crippen molar-refractivity contribution in [2.45, 2.75) is 26.8 Å². The summed E-state index contributed by atoms with van der Waals surface area (Å²) in [6.07, 6.45) is 2.53. The van der Waals surface area contributed by atoms with Crippen LogP contribution in [0.25, 0.3) is 5.65 Å². The molecule has 0 aliphatic heterocycles. The number of fused-ring (bicyclic) bond motifs is 1. The summed E-state index contributed by atoms with van der Waals surface area (Å²) < 4.78 is 13.0. The van der Waals surface area contributed by atoms with E-state index in [1.165, 1.54) is 0 Å². The van der Waals surface area contributed by atoms with Gasteiger partial charge in [-0.2, -0.15) is 9.61 Å². The van der Waals surface area contributed by atoms with Crippen LogP contribution >= 0.6 is 0 Å². The van der Waals surface area contributed by atoms with Crippen LogP contribution in [0.15, 0.2) is 30.6 Å². The highest BCUT2D eigenvalue weighted by Crippen LogP contribution is 2.32. The molecule has 0 bridgehead atoms. The highest BCUT2D eigenvalue weighted by atomic mass is 16.5. The summed E-state index contributed by atoms with van der Waals surface area (Å²) in [5.41, 5.74) is 3.48. The first-order valence-corrected chi connectivity index (χ1v) is 7.93. The molecule has 0 spiro atoms. The third-order valence-electron chi connectivity index (χ3n) is 3.59. The van der Waals surface area contributed by atoms with Gasteiger partial charge in [0, 0.05) is 12.1 Å². The van der Waals surface area contributed by atoms with Gasteiger partial charge in [-0.1, -0.05) is 19.1 Å². The summed E-state index contributed by atoms with van der Waals surface area (Å²) in [5.74, 6) is 1.51. The molecule has 1 N–H and O–H groups in total. The fourth-order valence-corrected chi connectivity index (χ4v) is 2.50. The van der Waals surface area contributed by atoms with Crippen LogP contribution in [0, 0.1) is 6.92 Å². The van der Waals surface area contributed by atoms with Crippen LogP contribution in [0.4, 0.5) is 5.69 Å². The number of aromatic nitrogens is 4. The largest absolute Gasteiger partial charge is 0.493 e. The predicted octanol–water partition coefficient (Wildman–Crippen LogP) is 2.84. The Morgan fingerprint density at radius 1 is 1.29 bits per heavy atom. The van der Waals surface area contributed by atoms with Crippen molar-refractivity contribution in [3.63, 3.8) is 0 Å². The second kappa shape index (κ2) is 7.16. The maximum atomic E-state index is 5.88. The zero-order chi connectivity index (χ0) is 16.9. The summed E-state index contributed by atoms with van der Waals surface area (Å²) >= 11 is 0. The summed E-state index contributed by atoms with van der Waals surface area (Å²) in [4.78, 5) is 0. The van der Waals surface area contributed by atoms with E-state index in [1.807, 2.05) is 31.2 Å². The number of hydrogen-bond donors (Lipinski definition) is 1. The molecule has 0 aliphatic carbocycles. The van der Waals surface area contributed by atoms with E-state index in [1.54, 1.807) is 18.0 Å². The molecule has 0 unspecified atom stereocenters. The molecular formula is C17H21N5O2. The Kier molecular flexibility index (Phi) is 4.79. The predicted molar refractivity (Wildman–Crippen MR) is 91.6 cm³/mol. The van der Waals surface area contributed by atoms with Crippen molar-refractivity contribution in [3.8, 4) is 11.5 Å². The first kappa shape index (κ1) is 16.0. The van der Waals surface area contributed by atoms with E-state index in [0.717, 1.165) is 34.9 Å². The van der Waals surface area contributed by atoms with Gasteiger partial charge in [0.25, 0.3) is 0 Å². The number of benzene rings is 1. The second-order valence-electron chi connectivity index (χ2n) is 5.45. The fourth-order valence-electron chi connectivity index (χ4n) is 2.50. The zero-order valence-electron chi connectivity index (χ0n) is 14.1. The summed E-state index contributed by atoms with van der Waals surface area (Å²) in [5, 5.41) is 15.8. The zero-order valence-corrected chi connectivity index (χ0v) is 14.1. The molecule has 7 nitrogen and oxygen atoms in total. The number of ether oxygens (including phenoxy) is 2. The molecule has 2 heterocycles. The molecule has 2 aromatic heterocycles. The minimum Gasteiger partial charge on any atom is -0.493 e. The van der Waals surface area contributed by atoms with Gasteiger partial charge in [0.05, 0.1) is 25.1 Å². The van der Waals surface area contributed by atoms with Crippen molar-refractivity contribution in [1.82, 2.24) is 19.8 Å². The third-order valence-corrected chi connectivity index (χ3v) is 3.59. The van der Waals surface area contributed by atoms with Gasteiger partial charge in [-0.25, -0.2) is 0 Å². The minimum atomic E-state index is 0.586. The topological polar surface area (TPSA) is 73.6 Å². The van der Waals surface area contributed by atoms with Gasteiger partial charge in [0.15, 0.2) is 11.5 Å². The molecule has 0 radical (unpaired) electrons. The Morgan fingerprint density at radius 3 is 2.96 bits per heavy atom. The van der Waals surface area contributed by atoms with Crippen molar-refractivity contribution in [2.24, 2.45) is 0 Å². The second-order valence-corrected chi connectivity index (χ2v) is 5.45. The van der Waals surface area contributed by atoms with Gasteiger partial charge in [-0.3, -0.25) is 0 Å². The monoisotopic (exact) mass is 327 g/mol. The molecule has 0 atom stereocenters. The van der Waals surface area contributed by atoms with E-state index in [0.29, 0.717) is 18.8 Å². The van der Waals surface area contributed by atoms with Crippen molar-refractivity contribution >= 4 is 11.3 Å². The lowest BCUT2D eigenvalue weighted by atomic mass is 10.1. The molecule has 0 aliphatic rings. The van der Waals surface area contributed by atoms with Crippen molar-refractivity contribution < 1.29 is 9.47 Å². The summed E-state index contributed by atoms with van der Waals surface area (Å²) in [6, 6.07) is 7.84. The van der Waals surface area contributed by atoms with Gasteiger partial charge in [-0.05, 0) is 25.5 Å². The molecule has 126 valence electrons. The van der Waals surface area contributed by atoms with Gasteiger partial charge in [-0.15, -0.1) is 10.2 Å². The van der Waals surface area contributed by atoms with Crippen LogP contribution in [0.1, 0.15) is 24.6 Å². The lowest BCUT2D eigenvalue weighted by Crippen LogP contribution is -2.07. The molecule has 0 amide bonds. The fraction of sp³-hybridized carbons (Fsp3) is 0.353. The highest BCUT2D eigenvalue weighted by Gasteiger charge is 2.12. The Hall–Kier alpha value is -2.83. The Bertz CT molecular complexity index is 831. The van der Waals surface area contributed by atoms with E-state index in [4.69, 9.17) is 9.47 Å². The molecule has 0 saturated carbocycles. The quantitative estimate of drug-likeness (QED) is 0.719. The number of aryl methyl sites for hydroxylation is 1. The molecule has 7 heteroatoms.